The third-order valence-electron chi connectivity index (χ3n) is 6.86. The van der Waals surface area contributed by atoms with Crippen molar-refractivity contribution in [3.8, 4) is 23.1 Å². The molecular formula is C30H34N4O4. The Morgan fingerprint density at radius 1 is 1.26 bits per heavy atom. The van der Waals surface area contributed by atoms with Crippen molar-refractivity contribution >= 4 is 11.6 Å². The van der Waals surface area contributed by atoms with Crippen molar-refractivity contribution in [2.75, 3.05) is 25.1 Å². The number of carbonyl (C=O) groups is 1. The molecule has 1 fully saturated rings. The molecule has 0 aliphatic carbocycles. The fraction of sp³-hybridized carbons (Fsp3) is 0.400. The summed E-state index contributed by atoms with van der Waals surface area (Å²) in [7, 11) is 0. The van der Waals surface area contributed by atoms with Crippen LogP contribution in [-0.4, -0.2) is 46.9 Å². The number of hydrogen-bond donors (Lipinski definition) is 2. The van der Waals surface area contributed by atoms with Crippen LogP contribution in [0.3, 0.4) is 0 Å². The molecule has 1 aliphatic heterocycles. The number of ether oxygens (including phenoxy) is 2. The van der Waals surface area contributed by atoms with Gasteiger partial charge < -0.3 is 19.9 Å². The molecule has 0 radical (unpaired) electrons. The number of rotatable bonds is 8. The van der Waals surface area contributed by atoms with Gasteiger partial charge in [-0.1, -0.05) is 6.07 Å². The molecule has 1 aliphatic rings. The quantitative estimate of drug-likeness (QED) is 0.426. The third-order valence-corrected chi connectivity index (χ3v) is 6.86. The molecule has 3 aromatic rings. The number of carbonyl (C=O) groups excluding carboxylic acids is 1. The number of hydrogen-bond acceptors (Lipinski definition) is 7. The molecule has 1 aromatic carbocycles. The highest BCUT2D eigenvalue weighted by Gasteiger charge is 2.31. The van der Waals surface area contributed by atoms with Gasteiger partial charge in [0, 0.05) is 53.5 Å². The Balaban J connectivity index is 1.88. The molecule has 3 heterocycles. The monoisotopic (exact) mass is 514 g/mol. The van der Waals surface area contributed by atoms with Crippen molar-refractivity contribution in [3.05, 3.63) is 71.2 Å². The maximum atomic E-state index is 13.1. The number of aromatic nitrogens is 2. The van der Waals surface area contributed by atoms with Crippen molar-refractivity contribution in [2.24, 2.45) is 0 Å². The van der Waals surface area contributed by atoms with Crippen LogP contribution < -0.4 is 10.1 Å². The molecule has 38 heavy (non-hydrogen) atoms. The number of nitrogens with one attached hydrogen (secondary N) is 1. The smallest absolute Gasteiger partial charge is 0.255 e. The lowest BCUT2D eigenvalue weighted by Crippen LogP contribution is -2.23. The Labute approximate surface area is 223 Å². The molecule has 4 rings (SSSR count). The molecule has 8 heteroatoms. The highest BCUT2D eigenvalue weighted by Crippen LogP contribution is 2.42. The van der Waals surface area contributed by atoms with E-state index in [-0.39, 0.29) is 31.1 Å². The lowest BCUT2D eigenvalue weighted by atomic mass is 9.78. The molecule has 2 N–H and O–H groups in total. The van der Waals surface area contributed by atoms with Crippen molar-refractivity contribution in [1.29, 1.82) is 5.26 Å². The Bertz CT molecular complexity index is 1330. The average Bonchev–Trinajstić information content (AvgIpc) is 2.92. The van der Waals surface area contributed by atoms with E-state index in [0.717, 1.165) is 35.2 Å². The first-order valence-electron chi connectivity index (χ1n) is 12.9. The van der Waals surface area contributed by atoms with Gasteiger partial charge in [-0.2, -0.15) is 5.26 Å². The van der Waals surface area contributed by atoms with Crippen molar-refractivity contribution in [3.63, 3.8) is 0 Å². The van der Waals surface area contributed by atoms with Crippen LogP contribution >= 0.6 is 0 Å². The summed E-state index contributed by atoms with van der Waals surface area (Å²) in [5.74, 6) is 0.324. The minimum atomic E-state index is -0.926. The summed E-state index contributed by atoms with van der Waals surface area (Å²) in [5.41, 5.74) is 4.36. The van der Waals surface area contributed by atoms with E-state index in [1.807, 2.05) is 39.0 Å². The largest absolute Gasteiger partial charge is 0.475 e. The third kappa shape index (κ3) is 6.01. The first kappa shape index (κ1) is 27.2. The lowest BCUT2D eigenvalue weighted by Gasteiger charge is -2.29. The summed E-state index contributed by atoms with van der Waals surface area (Å²) in [6.45, 7) is 8.40. The van der Waals surface area contributed by atoms with E-state index in [0.29, 0.717) is 29.3 Å². The molecule has 0 bridgehead atoms. The van der Waals surface area contributed by atoms with Crippen molar-refractivity contribution < 1.29 is 19.4 Å². The highest BCUT2D eigenvalue weighted by molar-refractivity contribution is 6.05. The lowest BCUT2D eigenvalue weighted by molar-refractivity contribution is 0.0179. The number of pyridine rings is 2. The molecule has 8 nitrogen and oxygen atoms in total. The first-order valence-corrected chi connectivity index (χ1v) is 12.9. The Hall–Kier alpha value is -3.80. The molecule has 0 spiro atoms. The summed E-state index contributed by atoms with van der Waals surface area (Å²) in [6.07, 6.45) is 4.95. The second-order valence-electron chi connectivity index (χ2n) is 10.2. The Morgan fingerprint density at radius 3 is 2.71 bits per heavy atom. The standard InChI is InChI=1S/C30H34N4O4/c1-19-5-6-24(34-29(36)21-7-10-32-11-8-21)28(30(3,4)18-31)27(19)23-16-25(22-9-13-37-20(2)15-22)33-26(17-23)38-14-12-35/h5-8,10-11,16-17,20,22,35H,9,12-15H2,1-4H3,(H,34,36). The van der Waals surface area contributed by atoms with Crippen molar-refractivity contribution in [1.82, 2.24) is 9.97 Å². The fourth-order valence-corrected chi connectivity index (χ4v) is 4.96. The minimum absolute atomic E-state index is 0.123. The number of anilines is 1. The Kier molecular flexibility index (Phi) is 8.40. The van der Waals surface area contributed by atoms with Gasteiger partial charge in [0.25, 0.3) is 5.91 Å². The second kappa shape index (κ2) is 11.7. The molecule has 0 saturated carbocycles. The number of aliphatic hydroxyl groups is 1. The van der Waals surface area contributed by atoms with Gasteiger partial charge in [-0.15, -0.1) is 0 Å². The molecule has 2 unspecified atom stereocenters. The van der Waals surface area contributed by atoms with Gasteiger partial charge in [-0.05, 0) is 81.5 Å². The van der Waals surface area contributed by atoms with E-state index < -0.39 is 5.41 Å². The van der Waals surface area contributed by atoms with E-state index in [9.17, 15) is 15.2 Å². The maximum Gasteiger partial charge on any atom is 0.255 e. The zero-order chi connectivity index (χ0) is 27.3. The molecule has 2 aromatic heterocycles. The van der Waals surface area contributed by atoms with E-state index in [2.05, 4.69) is 29.4 Å². The number of aryl methyl sites for hydroxylation is 1. The van der Waals surface area contributed by atoms with E-state index in [1.54, 1.807) is 24.5 Å². The van der Waals surface area contributed by atoms with Gasteiger partial charge in [-0.25, -0.2) is 4.98 Å². The summed E-state index contributed by atoms with van der Waals surface area (Å²) in [6, 6.07) is 13.4. The average molecular weight is 515 g/mol. The summed E-state index contributed by atoms with van der Waals surface area (Å²) >= 11 is 0. The van der Waals surface area contributed by atoms with Gasteiger partial charge in [-0.3, -0.25) is 9.78 Å². The van der Waals surface area contributed by atoms with Crippen LogP contribution in [0, 0.1) is 18.3 Å². The Morgan fingerprint density at radius 2 is 2.03 bits per heavy atom. The van der Waals surface area contributed by atoms with Crippen LogP contribution in [0.25, 0.3) is 11.1 Å². The van der Waals surface area contributed by atoms with Crippen molar-refractivity contribution in [2.45, 2.75) is 58.0 Å². The number of amides is 1. The van der Waals surface area contributed by atoms with Crippen LogP contribution in [-0.2, 0) is 10.2 Å². The number of aliphatic hydroxyl groups excluding tert-OH is 1. The molecular weight excluding hydrogens is 480 g/mol. The van der Waals surface area contributed by atoms with Crippen LogP contribution in [0.1, 0.15) is 66.7 Å². The van der Waals surface area contributed by atoms with Gasteiger partial charge in [0.05, 0.1) is 24.2 Å². The number of nitriles is 1. The molecule has 198 valence electrons. The van der Waals surface area contributed by atoms with Crippen LogP contribution in [0.2, 0.25) is 0 Å². The zero-order valence-electron chi connectivity index (χ0n) is 22.3. The minimum Gasteiger partial charge on any atom is -0.475 e. The van der Waals surface area contributed by atoms with E-state index in [4.69, 9.17) is 14.5 Å². The summed E-state index contributed by atoms with van der Waals surface area (Å²) in [4.78, 5) is 21.9. The zero-order valence-corrected chi connectivity index (χ0v) is 22.3. The predicted molar refractivity (Wildman–Crippen MR) is 145 cm³/mol. The van der Waals surface area contributed by atoms with E-state index in [1.165, 1.54) is 0 Å². The maximum absolute atomic E-state index is 13.1. The van der Waals surface area contributed by atoms with Gasteiger partial charge in [0.2, 0.25) is 5.88 Å². The van der Waals surface area contributed by atoms with Gasteiger partial charge in [0.15, 0.2) is 0 Å². The van der Waals surface area contributed by atoms with Gasteiger partial charge in [0.1, 0.15) is 6.61 Å². The first-order chi connectivity index (χ1) is 18.2. The molecule has 2 atom stereocenters. The highest BCUT2D eigenvalue weighted by atomic mass is 16.5. The van der Waals surface area contributed by atoms with Crippen LogP contribution in [0.4, 0.5) is 5.69 Å². The molecule has 1 amide bonds. The van der Waals surface area contributed by atoms with E-state index >= 15 is 0 Å². The SMILES string of the molecule is Cc1ccc(NC(=O)c2ccncc2)c(C(C)(C)C#N)c1-c1cc(OCCO)nc(C2CCOC(C)C2)c1. The fourth-order valence-electron chi connectivity index (χ4n) is 4.96. The normalized spacial score (nSPS) is 17.5. The predicted octanol–water partition coefficient (Wildman–Crippen LogP) is 5.16. The van der Waals surface area contributed by atoms with Crippen LogP contribution in [0.5, 0.6) is 5.88 Å². The second-order valence-corrected chi connectivity index (χ2v) is 10.2. The number of benzene rings is 1. The summed E-state index contributed by atoms with van der Waals surface area (Å²) < 4.78 is 11.5. The van der Waals surface area contributed by atoms with Gasteiger partial charge >= 0.3 is 0 Å². The topological polar surface area (TPSA) is 117 Å². The van der Waals surface area contributed by atoms with Crippen LogP contribution in [0.15, 0.2) is 48.8 Å². The molecule has 1 saturated heterocycles. The summed E-state index contributed by atoms with van der Waals surface area (Å²) in [5, 5.41) is 22.6. The number of nitrogens with zero attached hydrogens (tertiary/aromatic N) is 3.